The molecule has 0 aromatic heterocycles. The maximum atomic E-state index is 11.4. The maximum Gasteiger partial charge on any atom is 0.339 e. The van der Waals surface area contributed by atoms with E-state index in [1.165, 1.54) is 19.2 Å². The minimum absolute atomic E-state index is 0.0350. The number of nitrogens with one attached hydrogen (secondary N) is 1. The zero-order valence-corrected chi connectivity index (χ0v) is 10.9. The molecule has 0 radical (unpaired) electrons. The van der Waals surface area contributed by atoms with Gasteiger partial charge in [-0.15, -0.1) is 0 Å². The average molecular weight is 272 g/mol. The highest BCUT2D eigenvalue weighted by atomic mass is 35.5. The van der Waals surface area contributed by atoms with Crippen LogP contribution in [-0.2, 0) is 14.3 Å². The van der Waals surface area contributed by atoms with Crippen molar-refractivity contribution in [2.24, 2.45) is 0 Å². The molecule has 0 saturated heterocycles. The second kappa shape index (κ2) is 6.98. The van der Waals surface area contributed by atoms with Gasteiger partial charge in [0.25, 0.3) is 0 Å². The van der Waals surface area contributed by atoms with Crippen LogP contribution in [0.25, 0.3) is 0 Å². The lowest BCUT2D eigenvalue weighted by Crippen LogP contribution is -2.18. The summed E-state index contributed by atoms with van der Waals surface area (Å²) in [6, 6.07) is 4.57. The number of carbonyl (C=O) groups is 2. The van der Waals surface area contributed by atoms with Gasteiger partial charge in [-0.05, 0) is 25.1 Å². The molecule has 6 heteroatoms. The number of methoxy groups -OCH3 is 1. The Bertz CT molecular complexity index is 448. The van der Waals surface area contributed by atoms with Crippen LogP contribution in [0.4, 0.5) is 5.69 Å². The highest BCUT2D eigenvalue weighted by Crippen LogP contribution is 2.21. The summed E-state index contributed by atoms with van der Waals surface area (Å²) in [4.78, 5) is 22.8. The Morgan fingerprint density at radius 3 is 2.72 bits per heavy atom. The van der Waals surface area contributed by atoms with Crippen LogP contribution in [0, 0.1) is 0 Å². The molecule has 0 heterocycles. The van der Waals surface area contributed by atoms with Crippen molar-refractivity contribution in [3.63, 3.8) is 0 Å². The molecule has 1 aromatic carbocycles. The van der Waals surface area contributed by atoms with Crippen molar-refractivity contribution in [2.45, 2.75) is 6.92 Å². The topological polar surface area (TPSA) is 64.6 Å². The summed E-state index contributed by atoms with van der Waals surface area (Å²) in [6.45, 7) is 2.22. The highest BCUT2D eigenvalue weighted by Gasteiger charge is 2.12. The molecule has 0 spiro atoms. The van der Waals surface area contributed by atoms with Crippen LogP contribution >= 0.6 is 11.6 Å². The summed E-state index contributed by atoms with van der Waals surface area (Å²) >= 11 is 5.85. The lowest BCUT2D eigenvalue weighted by Gasteiger charge is -2.08. The first-order valence-electron chi connectivity index (χ1n) is 5.34. The number of carbonyl (C=O) groups excluding carboxylic acids is 2. The van der Waals surface area contributed by atoms with E-state index >= 15 is 0 Å². The number of hydrogen-bond acceptors (Lipinski definition) is 4. The van der Waals surface area contributed by atoms with Crippen LogP contribution in [0.1, 0.15) is 17.3 Å². The summed E-state index contributed by atoms with van der Waals surface area (Å²) in [5.74, 6) is -0.851. The fraction of sp³-hybridized carbons (Fsp3) is 0.333. The van der Waals surface area contributed by atoms with Crippen LogP contribution in [0.15, 0.2) is 18.2 Å². The van der Waals surface area contributed by atoms with Gasteiger partial charge < -0.3 is 14.8 Å². The van der Waals surface area contributed by atoms with Crippen LogP contribution in [0.5, 0.6) is 0 Å². The molecule has 0 aliphatic rings. The average Bonchev–Trinajstić information content (AvgIpc) is 2.37. The number of benzene rings is 1. The Hall–Kier alpha value is -1.59. The predicted molar refractivity (Wildman–Crippen MR) is 67.9 cm³/mol. The van der Waals surface area contributed by atoms with E-state index in [1.54, 1.807) is 13.0 Å². The molecule has 1 rings (SSSR count). The molecule has 5 nitrogen and oxygen atoms in total. The van der Waals surface area contributed by atoms with E-state index in [4.69, 9.17) is 16.3 Å². The third-order valence-corrected chi connectivity index (χ3v) is 2.42. The van der Waals surface area contributed by atoms with Crippen molar-refractivity contribution < 1.29 is 19.1 Å². The monoisotopic (exact) mass is 271 g/mol. The molecule has 0 atom stereocenters. The number of rotatable bonds is 5. The number of esters is 1. The molecule has 0 bridgehead atoms. The smallest absolute Gasteiger partial charge is 0.339 e. The third-order valence-electron chi connectivity index (χ3n) is 2.09. The normalized spacial score (nSPS) is 9.94. The van der Waals surface area contributed by atoms with E-state index in [2.05, 4.69) is 10.1 Å². The number of amides is 1. The van der Waals surface area contributed by atoms with E-state index in [-0.39, 0.29) is 23.1 Å². The molecule has 1 aromatic rings. The SMILES string of the molecule is CCOCC(=O)Nc1ccc(Cl)c(C(=O)OC)c1. The Balaban J connectivity index is 2.79. The first-order valence-corrected chi connectivity index (χ1v) is 5.71. The van der Waals surface area contributed by atoms with E-state index in [9.17, 15) is 9.59 Å². The summed E-state index contributed by atoms with van der Waals surface area (Å²) < 4.78 is 9.54. The minimum Gasteiger partial charge on any atom is -0.465 e. The minimum atomic E-state index is -0.555. The summed E-state index contributed by atoms with van der Waals surface area (Å²) in [6.07, 6.45) is 0. The molecule has 0 aliphatic carbocycles. The summed E-state index contributed by atoms with van der Waals surface area (Å²) in [5.41, 5.74) is 0.665. The second-order valence-corrected chi connectivity index (χ2v) is 3.78. The molecule has 1 amide bonds. The molecule has 0 fully saturated rings. The van der Waals surface area contributed by atoms with Crippen LogP contribution in [0.2, 0.25) is 5.02 Å². The largest absolute Gasteiger partial charge is 0.465 e. The highest BCUT2D eigenvalue weighted by molar-refractivity contribution is 6.33. The number of hydrogen-bond donors (Lipinski definition) is 1. The molecule has 0 aliphatic heterocycles. The maximum absolute atomic E-state index is 11.4. The van der Waals surface area contributed by atoms with E-state index in [1.807, 2.05) is 0 Å². The van der Waals surface area contributed by atoms with Crippen molar-refractivity contribution in [3.8, 4) is 0 Å². The predicted octanol–water partition coefficient (Wildman–Crippen LogP) is 2.10. The third kappa shape index (κ3) is 4.01. The summed E-state index contributed by atoms with van der Waals surface area (Å²) in [5, 5.41) is 2.86. The van der Waals surface area contributed by atoms with Crippen LogP contribution < -0.4 is 5.32 Å². The zero-order valence-electron chi connectivity index (χ0n) is 10.2. The lowest BCUT2D eigenvalue weighted by atomic mass is 10.2. The number of anilines is 1. The number of halogens is 1. The fourth-order valence-corrected chi connectivity index (χ4v) is 1.46. The molecule has 0 saturated carbocycles. The quantitative estimate of drug-likeness (QED) is 0.833. The van der Waals surface area contributed by atoms with Gasteiger partial charge in [0.05, 0.1) is 17.7 Å². The van der Waals surface area contributed by atoms with E-state index in [0.717, 1.165) is 0 Å². The molecule has 1 N–H and O–H groups in total. The van der Waals surface area contributed by atoms with E-state index in [0.29, 0.717) is 12.3 Å². The Morgan fingerprint density at radius 1 is 1.39 bits per heavy atom. The summed E-state index contributed by atoms with van der Waals surface area (Å²) in [7, 11) is 1.26. The Labute approximate surface area is 110 Å². The first kappa shape index (κ1) is 14.5. The van der Waals surface area contributed by atoms with Gasteiger partial charge in [0, 0.05) is 12.3 Å². The van der Waals surface area contributed by atoms with Gasteiger partial charge in [-0.3, -0.25) is 4.79 Å². The van der Waals surface area contributed by atoms with Crippen molar-refractivity contribution in [2.75, 3.05) is 25.6 Å². The van der Waals surface area contributed by atoms with Gasteiger partial charge in [0.1, 0.15) is 6.61 Å². The van der Waals surface area contributed by atoms with Gasteiger partial charge in [-0.2, -0.15) is 0 Å². The fourth-order valence-electron chi connectivity index (χ4n) is 1.26. The van der Waals surface area contributed by atoms with Crippen LogP contribution in [-0.4, -0.2) is 32.2 Å². The van der Waals surface area contributed by atoms with Gasteiger partial charge in [-0.25, -0.2) is 4.79 Å². The molecule has 98 valence electrons. The molecular formula is C12H14ClNO4. The standard InChI is InChI=1S/C12H14ClNO4/c1-3-18-7-11(15)14-8-4-5-10(13)9(6-8)12(16)17-2/h4-6H,3,7H2,1-2H3,(H,14,15). The van der Waals surface area contributed by atoms with Crippen molar-refractivity contribution in [1.82, 2.24) is 0 Å². The molecular weight excluding hydrogens is 258 g/mol. The first-order chi connectivity index (χ1) is 8.58. The number of ether oxygens (including phenoxy) is 2. The molecule has 0 unspecified atom stereocenters. The van der Waals surface area contributed by atoms with Gasteiger partial charge in [-0.1, -0.05) is 11.6 Å². The van der Waals surface area contributed by atoms with Crippen molar-refractivity contribution in [1.29, 1.82) is 0 Å². The second-order valence-electron chi connectivity index (χ2n) is 3.37. The van der Waals surface area contributed by atoms with Crippen LogP contribution in [0.3, 0.4) is 0 Å². The molecule has 18 heavy (non-hydrogen) atoms. The van der Waals surface area contributed by atoms with Gasteiger partial charge in [0.2, 0.25) is 5.91 Å². The zero-order chi connectivity index (χ0) is 13.5. The van der Waals surface area contributed by atoms with Crippen molar-refractivity contribution in [3.05, 3.63) is 28.8 Å². The Morgan fingerprint density at radius 2 is 2.11 bits per heavy atom. The Kier molecular flexibility index (Phi) is 5.61. The van der Waals surface area contributed by atoms with Crippen molar-refractivity contribution >= 4 is 29.2 Å². The van der Waals surface area contributed by atoms with Gasteiger partial charge in [0.15, 0.2) is 0 Å². The van der Waals surface area contributed by atoms with E-state index < -0.39 is 5.97 Å². The lowest BCUT2D eigenvalue weighted by molar-refractivity contribution is -0.120. The van der Waals surface area contributed by atoms with Gasteiger partial charge >= 0.3 is 5.97 Å².